The third-order valence-electron chi connectivity index (χ3n) is 3.28. The van der Waals surface area contributed by atoms with Crippen LogP contribution in [0.15, 0.2) is 6.33 Å². The van der Waals surface area contributed by atoms with Crippen LogP contribution in [0.25, 0.3) is 0 Å². The Kier molecular flexibility index (Phi) is 4.02. The molecule has 0 atom stereocenters. The van der Waals surface area contributed by atoms with Crippen LogP contribution in [0.5, 0.6) is 0 Å². The molecule has 0 bridgehead atoms. The van der Waals surface area contributed by atoms with E-state index in [9.17, 15) is 14.4 Å². The molecule has 108 valence electrons. The lowest BCUT2D eigenvalue weighted by molar-refractivity contribution is -0.128. The Morgan fingerprint density at radius 2 is 1.85 bits per heavy atom. The molecule has 2 amide bonds. The van der Waals surface area contributed by atoms with Crippen LogP contribution in [0.4, 0.5) is 0 Å². The van der Waals surface area contributed by atoms with Gasteiger partial charge in [0.25, 0.3) is 5.91 Å². The van der Waals surface area contributed by atoms with Gasteiger partial charge in [-0.15, -0.1) is 0 Å². The molecule has 8 heteroatoms. The summed E-state index contributed by atoms with van der Waals surface area (Å²) in [7, 11) is 0. The number of aromatic amines is 1. The molecule has 0 aromatic carbocycles. The van der Waals surface area contributed by atoms with Crippen molar-refractivity contribution in [2.75, 3.05) is 26.2 Å². The number of nitrogens with zero attached hydrogens (tertiary/aromatic N) is 3. The van der Waals surface area contributed by atoms with E-state index in [1.807, 2.05) is 0 Å². The normalized spacial score (nSPS) is 15.8. The standard InChI is InChI=1S/C12H16N4O4/c1-8(17)15-3-2-4-16(6-5-15)11(18)9-10(12(19)20)14-7-13-9/h7H,2-6H2,1H3,(H,13,14)(H,19,20). The largest absolute Gasteiger partial charge is 0.477 e. The molecule has 8 nitrogen and oxygen atoms in total. The summed E-state index contributed by atoms with van der Waals surface area (Å²) < 4.78 is 0. The fraction of sp³-hybridized carbons (Fsp3) is 0.500. The van der Waals surface area contributed by atoms with Crippen molar-refractivity contribution in [2.24, 2.45) is 0 Å². The molecule has 0 aliphatic carbocycles. The van der Waals surface area contributed by atoms with Crippen molar-refractivity contribution in [3.8, 4) is 0 Å². The van der Waals surface area contributed by atoms with Gasteiger partial charge in [-0.2, -0.15) is 0 Å². The molecule has 0 unspecified atom stereocenters. The van der Waals surface area contributed by atoms with Gasteiger partial charge in [0.15, 0.2) is 11.4 Å². The molecular weight excluding hydrogens is 264 g/mol. The molecular formula is C12H16N4O4. The van der Waals surface area contributed by atoms with Crippen molar-refractivity contribution in [2.45, 2.75) is 13.3 Å². The van der Waals surface area contributed by atoms with E-state index in [0.717, 1.165) is 0 Å². The number of imidazole rings is 1. The van der Waals surface area contributed by atoms with Crippen LogP contribution in [0.3, 0.4) is 0 Å². The molecule has 1 aliphatic rings. The van der Waals surface area contributed by atoms with E-state index < -0.39 is 11.9 Å². The lowest BCUT2D eigenvalue weighted by atomic mass is 10.2. The van der Waals surface area contributed by atoms with E-state index in [0.29, 0.717) is 32.6 Å². The van der Waals surface area contributed by atoms with Crippen LogP contribution >= 0.6 is 0 Å². The van der Waals surface area contributed by atoms with E-state index >= 15 is 0 Å². The van der Waals surface area contributed by atoms with Gasteiger partial charge in [-0.05, 0) is 6.42 Å². The molecule has 20 heavy (non-hydrogen) atoms. The zero-order valence-electron chi connectivity index (χ0n) is 11.1. The quantitative estimate of drug-likeness (QED) is 0.780. The van der Waals surface area contributed by atoms with E-state index in [2.05, 4.69) is 9.97 Å². The SMILES string of the molecule is CC(=O)N1CCCN(C(=O)c2nc[nH]c2C(=O)O)CC1. The van der Waals surface area contributed by atoms with Gasteiger partial charge in [0.05, 0.1) is 6.33 Å². The Hall–Kier alpha value is -2.38. The summed E-state index contributed by atoms with van der Waals surface area (Å²) in [5, 5.41) is 8.98. The van der Waals surface area contributed by atoms with Crippen LogP contribution in [0.1, 0.15) is 34.3 Å². The van der Waals surface area contributed by atoms with E-state index in [1.54, 1.807) is 4.90 Å². The lowest BCUT2D eigenvalue weighted by Gasteiger charge is -2.20. The number of H-pyrrole nitrogens is 1. The summed E-state index contributed by atoms with van der Waals surface area (Å²) in [5.41, 5.74) is -0.295. The van der Waals surface area contributed by atoms with Crippen LogP contribution in [-0.4, -0.2) is 68.8 Å². The number of amides is 2. The number of carbonyl (C=O) groups is 3. The highest BCUT2D eigenvalue weighted by Crippen LogP contribution is 2.11. The van der Waals surface area contributed by atoms with Gasteiger partial charge in [-0.3, -0.25) is 9.59 Å². The van der Waals surface area contributed by atoms with Crippen molar-refractivity contribution in [1.82, 2.24) is 19.8 Å². The van der Waals surface area contributed by atoms with Crippen LogP contribution in [0.2, 0.25) is 0 Å². The fourth-order valence-electron chi connectivity index (χ4n) is 2.20. The number of nitrogens with one attached hydrogen (secondary N) is 1. The molecule has 2 N–H and O–H groups in total. The number of carboxylic acids is 1. The topological polar surface area (TPSA) is 107 Å². The molecule has 1 aromatic heterocycles. The summed E-state index contributed by atoms with van der Waals surface area (Å²) in [6, 6.07) is 0. The number of carboxylic acid groups (broad SMARTS) is 1. The average Bonchev–Trinajstić information content (AvgIpc) is 2.75. The molecule has 1 aromatic rings. The Balaban J connectivity index is 2.11. The van der Waals surface area contributed by atoms with Crippen molar-refractivity contribution in [1.29, 1.82) is 0 Å². The molecule has 2 heterocycles. The lowest BCUT2D eigenvalue weighted by Crippen LogP contribution is -2.37. The number of aromatic carboxylic acids is 1. The van der Waals surface area contributed by atoms with Crippen LogP contribution in [0, 0.1) is 0 Å². The minimum atomic E-state index is -1.22. The molecule has 0 spiro atoms. The first kappa shape index (κ1) is 14.0. The van der Waals surface area contributed by atoms with Gasteiger partial charge in [-0.1, -0.05) is 0 Å². The number of hydrogen-bond acceptors (Lipinski definition) is 4. The number of carbonyl (C=O) groups excluding carboxylic acids is 2. The van der Waals surface area contributed by atoms with Crippen LogP contribution < -0.4 is 0 Å². The second kappa shape index (κ2) is 5.72. The molecule has 1 fully saturated rings. The monoisotopic (exact) mass is 280 g/mol. The molecule has 1 aliphatic heterocycles. The van der Waals surface area contributed by atoms with Gasteiger partial charge >= 0.3 is 5.97 Å². The summed E-state index contributed by atoms with van der Waals surface area (Å²) in [6.07, 6.45) is 1.86. The first-order chi connectivity index (χ1) is 9.50. The average molecular weight is 280 g/mol. The maximum Gasteiger partial charge on any atom is 0.354 e. The maximum atomic E-state index is 12.3. The summed E-state index contributed by atoms with van der Waals surface area (Å²) in [6.45, 7) is 3.41. The zero-order chi connectivity index (χ0) is 14.7. The van der Waals surface area contributed by atoms with Gasteiger partial charge in [0, 0.05) is 33.1 Å². The first-order valence-corrected chi connectivity index (χ1v) is 6.32. The molecule has 0 saturated carbocycles. The highest BCUT2D eigenvalue weighted by molar-refractivity contribution is 6.02. The smallest absolute Gasteiger partial charge is 0.354 e. The summed E-state index contributed by atoms with van der Waals surface area (Å²) in [5.74, 6) is -1.66. The first-order valence-electron chi connectivity index (χ1n) is 6.32. The highest BCUT2D eigenvalue weighted by Gasteiger charge is 2.26. The number of aromatic nitrogens is 2. The van der Waals surface area contributed by atoms with E-state index in [1.165, 1.54) is 18.2 Å². The second-order valence-corrected chi connectivity index (χ2v) is 4.58. The summed E-state index contributed by atoms with van der Waals surface area (Å²) >= 11 is 0. The third kappa shape index (κ3) is 2.79. The van der Waals surface area contributed by atoms with Gasteiger partial charge in [0.2, 0.25) is 5.91 Å². The predicted molar refractivity (Wildman–Crippen MR) is 68.3 cm³/mol. The van der Waals surface area contributed by atoms with Gasteiger partial charge < -0.3 is 19.9 Å². The molecule has 0 radical (unpaired) electrons. The minimum absolute atomic E-state index is 0.0229. The number of rotatable bonds is 2. The Morgan fingerprint density at radius 3 is 2.50 bits per heavy atom. The highest BCUT2D eigenvalue weighted by atomic mass is 16.4. The Morgan fingerprint density at radius 1 is 1.20 bits per heavy atom. The van der Waals surface area contributed by atoms with Crippen LogP contribution in [-0.2, 0) is 4.79 Å². The van der Waals surface area contributed by atoms with Gasteiger partial charge in [-0.25, -0.2) is 9.78 Å². The van der Waals surface area contributed by atoms with Crippen molar-refractivity contribution < 1.29 is 19.5 Å². The second-order valence-electron chi connectivity index (χ2n) is 4.58. The molecule has 1 saturated heterocycles. The van der Waals surface area contributed by atoms with Crippen molar-refractivity contribution in [3.05, 3.63) is 17.7 Å². The summed E-state index contributed by atoms with van der Waals surface area (Å²) in [4.78, 5) is 44.0. The van der Waals surface area contributed by atoms with E-state index in [-0.39, 0.29) is 17.3 Å². The minimum Gasteiger partial charge on any atom is -0.477 e. The zero-order valence-corrected chi connectivity index (χ0v) is 11.1. The fourth-order valence-corrected chi connectivity index (χ4v) is 2.20. The maximum absolute atomic E-state index is 12.3. The van der Waals surface area contributed by atoms with Crippen molar-refractivity contribution in [3.63, 3.8) is 0 Å². The number of hydrogen-bond donors (Lipinski definition) is 2. The molecule has 2 rings (SSSR count). The predicted octanol–water partition coefficient (Wildman–Crippen LogP) is -0.198. The van der Waals surface area contributed by atoms with E-state index in [4.69, 9.17) is 5.11 Å². The van der Waals surface area contributed by atoms with Gasteiger partial charge in [0.1, 0.15) is 0 Å². The van der Waals surface area contributed by atoms with Crippen molar-refractivity contribution >= 4 is 17.8 Å². The Labute approximate surface area is 115 Å². The Bertz CT molecular complexity index is 539. The third-order valence-corrected chi connectivity index (χ3v) is 3.28.